The topological polar surface area (TPSA) is 97.5 Å². The normalized spacial score (nSPS) is 14.7. The van der Waals surface area contributed by atoms with Gasteiger partial charge in [-0.25, -0.2) is 0 Å². The lowest BCUT2D eigenvalue weighted by Gasteiger charge is -2.30. The minimum atomic E-state index is -4.36. The van der Waals surface area contributed by atoms with Gasteiger partial charge in [0.1, 0.15) is 0 Å². The Morgan fingerprint density at radius 3 is 2.26 bits per heavy atom. The van der Waals surface area contributed by atoms with E-state index in [1.54, 1.807) is 30.3 Å². The molecule has 0 fully saturated rings. The molecule has 0 aliphatic heterocycles. The number of ketones is 1. The van der Waals surface area contributed by atoms with Gasteiger partial charge in [0.15, 0.2) is 5.78 Å². The predicted molar refractivity (Wildman–Crippen MR) is 73.4 cm³/mol. The number of carbonyl (C=O) groups excluding carboxylic acids is 1. The maximum Gasteiger partial charge on any atom is 0.266 e. The number of hydrogen-bond donors (Lipinski definition) is 2. The van der Waals surface area contributed by atoms with E-state index in [0.717, 1.165) is 0 Å². The van der Waals surface area contributed by atoms with E-state index in [1.165, 1.54) is 6.92 Å². The summed E-state index contributed by atoms with van der Waals surface area (Å²) < 4.78 is 31.6. The zero-order valence-electron chi connectivity index (χ0n) is 10.7. The highest BCUT2D eigenvalue weighted by molar-refractivity contribution is 7.85. The quantitative estimate of drug-likeness (QED) is 0.597. The van der Waals surface area contributed by atoms with Crippen LogP contribution in [0.3, 0.4) is 0 Å². The first-order chi connectivity index (χ1) is 8.73. The fraction of sp³-hybridized carbons (Fsp3) is 0.308. The van der Waals surface area contributed by atoms with Crippen LogP contribution in [0.5, 0.6) is 0 Å². The van der Waals surface area contributed by atoms with Crippen molar-refractivity contribution in [3.05, 3.63) is 48.0 Å². The highest BCUT2D eigenvalue weighted by Gasteiger charge is 2.42. The summed E-state index contributed by atoms with van der Waals surface area (Å²) in [5, 5.41) is 0. The van der Waals surface area contributed by atoms with Crippen LogP contribution in [0, 0.1) is 0 Å². The highest BCUT2D eigenvalue weighted by atomic mass is 32.2. The monoisotopic (exact) mass is 283 g/mol. The lowest BCUT2D eigenvalue weighted by Crippen LogP contribution is -2.48. The minimum Gasteiger partial charge on any atom is -0.329 e. The van der Waals surface area contributed by atoms with E-state index in [2.05, 4.69) is 6.58 Å². The van der Waals surface area contributed by atoms with Crippen LogP contribution in [0.15, 0.2) is 42.5 Å². The van der Waals surface area contributed by atoms with Gasteiger partial charge in [-0.2, -0.15) is 8.42 Å². The highest BCUT2D eigenvalue weighted by Crippen LogP contribution is 2.28. The molecule has 1 unspecified atom stereocenters. The Balaban J connectivity index is 3.46. The molecule has 1 aromatic rings. The van der Waals surface area contributed by atoms with Crippen LogP contribution in [-0.2, 0) is 20.3 Å². The molecule has 0 bridgehead atoms. The van der Waals surface area contributed by atoms with Crippen LogP contribution < -0.4 is 5.73 Å². The zero-order chi connectivity index (χ0) is 14.7. The second-order valence-electron chi connectivity index (χ2n) is 4.49. The van der Waals surface area contributed by atoms with E-state index in [1.807, 2.05) is 0 Å². The third-order valence-corrected chi connectivity index (χ3v) is 3.78. The SMILES string of the molecule is C=C(C)C(=O)C(CN)(CS(=O)(=O)O)c1ccccc1. The Labute approximate surface area is 112 Å². The van der Waals surface area contributed by atoms with Crippen LogP contribution in [0.25, 0.3) is 0 Å². The van der Waals surface area contributed by atoms with Crippen LogP contribution in [0.2, 0.25) is 0 Å². The molecule has 19 heavy (non-hydrogen) atoms. The number of carbonyl (C=O) groups is 1. The zero-order valence-corrected chi connectivity index (χ0v) is 11.5. The van der Waals surface area contributed by atoms with Crippen molar-refractivity contribution in [2.45, 2.75) is 12.3 Å². The Hall–Kier alpha value is -1.50. The molecule has 0 aromatic heterocycles. The fourth-order valence-corrected chi connectivity index (χ4v) is 3.06. The number of benzene rings is 1. The molecule has 0 spiro atoms. The molecule has 0 heterocycles. The van der Waals surface area contributed by atoms with Gasteiger partial charge in [-0.05, 0) is 18.1 Å². The van der Waals surface area contributed by atoms with Gasteiger partial charge in [0.05, 0.1) is 11.2 Å². The first-order valence-corrected chi connectivity index (χ1v) is 7.25. The molecule has 0 saturated heterocycles. The van der Waals surface area contributed by atoms with Crippen molar-refractivity contribution in [1.82, 2.24) is 0 Å². The van der Waals surface area contributed by atoms with Crippen molar-refractivity contribution in [2.75, 3.05) is 12.3 Å². The molecule has 0 amide bonds. The largest absolute Gasteiger partial charge is 0.329 e. The average molecular weight is 283 g/mol. The summed E-state index contributed by atoms with van der Waals surface area (Å²) in [6, 6.07) is 8.31. The summed E-state index contributed by atoms with van der Waals surface area (Å²) in [6.45, 7) is 4.80. The van der Waals surface area contributed by atoms with Crippen molar-refractivity contribution in [2.24, 2.45) is 5.73 Å². The number of nitrogens with two attached hydrogens (primary N) is 1. The van der Waals surface area contributed by atoms with E-state index < -0.39 is 27.1 Å². The molecule has 1 atom stereocenters. The molecular weight excluding hydrogens is 266 g/mol. The van der Waals surface area contributed by atoms with E-state index in [9.17, 15) is 13.2 Å². The van der Waals surface area contributed by atoms with E-state index in [4.69, 9.17) is 10.3 Å². The molecule has 0 aliphatic rings. The van der Waals surface area contributed by atoms with Gasteiger partial charge in [-0.3, -0.25) is 9.35 Å². The third kappa shape index (κ3) is 3.50. The Morgan fingerprint density at radius 1 is 1.37 bits per heavy atom. The van der Waals surface area contributed by atoms with Gasteiger partial charge in [0.2, 0.25) is 0 Å². The smallest absolute Gasteiger partial charge is 0.266 e. The van der Waals surface area contributed by atoms with Gasteiger partial charge in [-0.1, -0.05) is 36.9 Å². The molecule has 0 saturated carbocycles. The molecule has 3 N–H and O–H groups in total. The Bertz CT molecular complexity index is 580. The number of Topliss-reactive ketones (excluding diaryl/α,β-unsaturated/α-hetero) is 1. The standard InChI is InChI=1S/C13H17NO4S/c1-10(2)12(15)13(8-14,9-19(16,17)18)11-6-4-3-5-7-11/h3-7H,1,8-9,14H2,2H3,(H,16,17,18). The van der Waals surface area contributed by atoms with E-state index in [-0.39, 0.29) is 12.1 Å². The molecule has 0 radical (unpaired) electrons. The van der Waals surface area contributed by atoms with Crippen LogP contribution in [0.1, 0.15) is 12.5 Å². The summed E-state index contributed by atoms with van der Waals surface area (Å²) in [5.41, 5.74) is 4.79. The van der Waals surface area contributed by atoms with Crippen molar-refractivity contribution in [3.8, 4) is 0 Å². The second-order valence-corrected chi connectivity index (χ2v) is 5.94. The van der Waals surface area contributed by atoms with Crippen LogP contribution in [0.4, 0.5) is 0 Å². The third-order valence-electron chi connectivity index (χ3n) is 2.93. The molecule has 104 valence electrons. The molecular formula is C13H17NO4S. The lowest BCUT2D eigenvalue weighted by molar-refractivity contribution is -0.119. The summed E-state index contributed by atoms with van der Waals surface area (Å²) in [4.78, 5) is 12.3. The predicted octanol–water partition coefficient (Wildman–Crippen LogP) is 0.916. The van der Waals surface area contributed by atoms with Crippen molar-refractivity contribution in [3.63, 3.8) is 0 Å². The van der Waals surface area contributed by atoms with Crippen molar-refractivity contribution >= 4 is 15.9 Å². The van der Waals surface area contributed by atoms with E-state index in [0.29, 0.717) is 5.56 Å². The first-order valence-electron chi connectivity index (χ1n) is 5.64. The molecule has 6 heteroatoms. The van der Waals surface area contributed by atoms with Gasteiger partial charge >= 0.3 is 0 Å². The van der Waals surface area contributed by atoms with E-state index >= 15 is 0 Å². The summed E-state index contributed by atoms with van der Waals surface area (Å²) in [7, 11) is -4.36. The number of hydrogen-bond acceptors (Lipinski definition) is 4. The van der Waals surface area contributed by atoms with Crippen LogP contribution in [-0.4, -0.2) is 31.1 Å². The van der Waals surface area contributed by atoms with Crippen molar-refractivity contribution in [1.29, 1.82) is 0 Å². The Morgan fingerprint density at radius 2 is 1.89 bits per heavy atom. The maximum atomic E-state index is 12.3. The number of rotatable bonds is 6. The van der Waals surface area contributed by atoms with Gasteiger partial charge in [0.25, 0.3) is 10.1 Å². The van der Waals surface area contributed by atoms with Gasteiger partial charge in [0, 0.05) is 6.54 Å². The fourth-order valence-electron chi connectivity index (χ4n) is 2.03. The van der Waals surface area contributed by atoms with Gasteiger partial charge < -0.3 is 5.73 Å². The molecule has 1 aromatic carbocycles. The molecule has 0 aliphatic carbocycles. The minimum absolute atomic E-state index is 0.193. The van der Waals surface area contributed by atoms with Crippen molar-refractivity contribution < 1.29 is 17.8 Å². The average Bonchev–Trinajstić information content (AvgIpc) is 2.35. The first kappa shape index (κ1) is 15.6. The number of allylic oxidation sites excluding steroid dienone is 1. The summed E-state index contributed by atoms with van der Waals surface area (Å²) >= 11 is 0. The molecule has 1 rings (SSSR count). The second kappa shape index (κ2) is 5.64. The molecule has 5 nitrogen and oxygen atoms in total. The summed E-state index contributed by atoms with van der Waals surface area (Å²) in [5.74, 6) is -1.24. The Kier molecular flexibility index (Phi) is 4.62. The maximum absolute atomic E-state index is 12.3. The summed E-state index contributed by atoms with van der Waals surface area (Å²) in [6.07, 6.45) is 0. The van der Waals surface area contributed by atoms with Gasteiger partial charge in [-0.15, -0.1) is 0 Å². The van der Waals surface area contributed by atoms with Crippen LogP contribution >= 0.6 is 0 Å². The lowest BCUT2D eigenvalue weighted by atomic mass is 9.76.